The van der Waals surface area contributed by atoms with Crippen molar-refractivity contribution in [3.63, 3.8) is 0 Å². The van der Waals surface area contributed by atoms with Crippen LogP contribution >= 0.6 is 7.82 Å². The Bertz CT molecular complexity index is 939. The number of aliphatic hydroxyl groups is 1. The van der Waals surface area contributed by atoms with E-state index in [0.29, 0.717) is 6.42 Å². The van der Waals surface area contributed by atoms with Gasteiger partial charge in [-0.3, -0.25) is 18.6 Å². The van der Waals surface area contributed by atoms with Crippen LogP contribution in [0.4, 0.5) is 0 Å². The molecule has 0 rings (SSSR count). The minimum absolute atomic E-state index is 0.0766. The summed E-state index contributed by atoms with van der Waals surface area (Å²) in [6.45, 7) is 3.47. The highest BCUT2D eigenvalue weighted by Crippen LogP contribution is 2.42. The molecule has 0 bridgehead atoms. The molecule has 10 heteroatoms. The maximum Gasteiger partial charge on any atom is 0.472 e. The second-order valence-electron chi connectivity index (χ2n) is 13.6. The maximum absolute atomic E-state index is 12.1. The Morgan fingerprint density at radius 1 is 0.608 bits per heavy atom. The molecule has 0 spiro atoms. The number of phosphoric acid groups is 1. The Kier molecular flexibility index (Phi) is 36.7. The molecule has 0 aliphatic rings. The van der Waals surface area contributed by atoms with Crippen molar-refractivity contribution in [3.05, 3.63) is 36.5 Å². The molecule has 9 nitrogen and oxygen atoms in total. The third kappa shape index (κ3) is 39.3. The van der Waals surface area contributed by atoms with Crippen molar-refractivity contribution in [1.29, 1.82) is 0 Å². The monoisotopic (exact) mass is 742 g/mol. The van der Waals surface area contributed by atoms with Crippen molar-refractivity contribution in [1.82, 2.24) is 5.32 Å². The first-order valence-electron chi connectivity index (χ1n) is 20.5. The van der Waals surface area contributed by atoms with Gasteiger partial charge in [0.05, 0.1) is 13.2 Å². The van der Waals surface area contributed by atoms with Gasteiger partial charge in [-0.15, -0.1) is 0 Å². The van der Waals surface area contributed by atoms with Gasteiger partial charge in [0.15, 0.2) is 0 Å². The number of unbranched alkanes of at least 4 members (excludes halogenated alkanes) is 19. The number of hydrogen-bond donors (Lipinski definition) is 3. The molecular weight excluding hydrogens is 665 g/mol. The van der Waals surface area contributed by atoms with Crippen LogP contribution in [0.1, 0.15) is 181 Å². The molecule has 0 saturated heterocycles. The molecule has 0 aliphatic carbocycles. The first-order chi connectivity index (χ1) is 24.8. The number of aliphatic hydroxyl groups excluding tert-OH is 1. The van der Waals surface area contributed by atoms with E-state index in [9.17, 15) is 24.2 Å². The van der Waals surface area contributed by atoms with Gasteiger partial charge in [0.1, 0.15) is 12.7 Å². The molecule has 0 saturated carbocycles. The lowest BCUT2D eigenvalue weighted by Crippen LogP contribution is -2.27. The molecule has 0 aromatic heterocycles. The highest BCUT2D eigenvalue weighted by atomic mass is 31.2. The van der Waals surface area contributed by atoms with E-state index in [-0.39, 0.29) is 32.1 Å². The van der Waals surface area contributed by atoms with E-state index in [0.717, 1.165) is 57.8 Å². The normalized spacial score (nSPS) is 13.7. The number of hydrogen-bond acceptors (Lipinski definition) is 7. The summed E-state index contributed by atoms with van der Waals surface area (Å²) in [7, 11) is -4.41. The van der Waals surface area contributed by atoms with Crippen LogP contribution in [0.25, 0.3) is 0 Å². The van der Waals surface area contributed by atoms with Crippen LogP contribution in [0, 0.1) is 0 Å². The second-order valence-corrected chi connectivity index (χ2v) is 15.1. The van der Waals surface area contributed by atoms with Crippen LogP contribution < -0.4 is 5.32 Å². The summed E-state index contributed by atoms with van der Waals surface area (Å²) < 4.78 is 26.8. The molecule has 298 valence electrons. The largest absolute Gasteiger partial charge is 0.472 e. The molecule has 0 aliphatic heterocycles. The summed E-state index contributed by atoms with van der Waals surface area (Å²) in [5, 5.41) is 12.7. The molecular formula is C41H76NO8P. The van der Waals surface area contributed by atoms with E-state index in [4.69, 9.17) is 13.8 Å². The molecule has 0 aromatic carbocycles. The summed E-state index contributed by atoms with van der Waals surface area (Å²) in [6.07, 6.45) is 40.7. The van der Waals surface area contributed by atoms with Gasteiger partial charge in [0.25, 0.3) is 0 Å². The summed E-state index contributed by atoms with van der Waals surface area (Å²) >= 11 is 0. The molecule has 0 aromatic rings. The quantitative estimate of drug-likeness (QED) is 0.0247. The third-order valence-corrected chi connectivity index (χ3v) is 9.53. The third-order valence-electron chi connectivity index (χ3n) is 8.54. The number of carbonyl (C=O) groups is 2. The summed E-state index contributed by atoms with van der Waals surface area (Å²) in [5.41, 5.74) is 0. The van der Waals surface area contributed by atoms with Gasteiger partial charge in [0, 0.05) is 19.4 Å². The highest BCUT2D eigenvalue weighted by molar-refractivity contribution is 7.47. The van der Waals surface area contributed by atoms with Crippen LogP contribution in [0.15, 0.2) is 36.5 Å². The zero-order valence-corrected chi connectivity index (χ0v) is 33.4. The topological polar surface area (TPSA) is 131 Å². The first-order valence-corrected chi connectivity index (χ1v) is 22.0. The second kappa shape index (κ2) is 38.0. The number of esters is 1. The Hall–Kier alpha value is -1.77. The molecule has 2 unspecified atom stereocenters. The van der Waals surface area contributed by atoms with Gasteiger partial charge < -0.3 is 20.1 Å². The van der Waals surface area contributed by atoms with E-state index in [1.165, 1.54) is 96.3 Å². The SMILES string of the molecule is CCCC/C=C\CCCCCCCC(=O)NCCOP(=O)(O)OCC(O)COC(=O)CCCCCCCCCCC/C=C\C/C=C\CCCCC. The Balaban J connectivity index is 3.61. The van der Waals surface area contributed by atoms with Crippen LogP contribution in [0.3, 0.4) is 0 Å². The smallest absolute Gasteiger partial charge is 0.463 e. The highest BCUT2D eigenvalue weighted by Gasteiger charge is 2.23. The van der Waals surface area contributed by atoms with Crippen LogP contribution in [-0.2, 0) is 27.9 Å². The lowest BCUT2D eigenvalue weighted by molar-refractivity contribution is -0.147. The lowest BCUT2D eigenvalue weighted by atomic mass is 10.1. The maximum atomic E-state index is 12.1. The Morgan fingerprint density at radius 3 is 1.65 bits per heavy atom. The fraction of sp³-hybridized carbons (Fsp3) is 0.805. The van der Waals surface area contributed by atoms with Gasteiger partial charge in [0.2, 0.25) is 5.91 Å². The van der Waals surface area contributed by atoms with Gasteiger partial charge >= 0.3 is 13.8 Å². The molecule has 0 fully saturated rings. The Morgan fingerprint density at radius 2 is 1.08 bits per heavy atom. The number of phosphoric ester groups is 1. The average molecular weight is 742 g/mol. The van der Waals surface area contributed by atoms with E-state index < -0.39 is 26.5 Å². The van der Waals surface area contributed by atoms with E-state index in [1.807, 2.05) is 0 Å². The van der Waals surface area contributed by atoms with Crippen molar-refractivity contribution >= 4 is 19.7 Å². The zero-order valence-electron chi connectivity index (χ0n) is 32.5. The summed E-state index contributed by atoms with van der Waals surface area (Å²) in [4.78, 5) is 33.8. The van der Waals surface area contributed by atoms with E-state index >= 15 is 0 Å². The Labute approximate surface area is 312 Å². The number of amides is 1. The fourth-order valence-corrected chi connectivity index (χ4v) is 6.15. The number of nitrogens with one attached hydrogen (secondary N) is 1. The van der Waals surface area contributed by atoms with Gasteiger partial charge in [-0.1, -0.05) is 140 Å². The standard InChI is InChI=1S/C41H76NO8P/c1-3-5-7-9-11-13-15-16-17-18-19-20-21-22-24-26-28-30-32-34-41(45)48-37-39(43)38-50-51(46,47)49-36-35-42-40(44)33-31-29-27-25-23-14-12-10-8-6-4-2/h10-13,16-17,39,43H,3-9,14-15,18-38H2,1-2H3,(H,42,44)(H,46,47)/b12-10-,13-11-,17-16-. The summed E-state index contributed by atoms with van der Waals surface area (Å²) in [5.74, 6) is -0.531. The van der Waals surface area contributed by atoms with Crippen LogP contribution in [0.5, 0.6) is 0 Å². The van der Waals surface area contributed by atoms with E-state index in [1.54, 1.807) is 0 Å². The minimum atomic E-state index is -4.41. The fourth-order valence-electron chi connectivity index (χ4n) is 5.39. The minimum Gasteiger partial charge on any atom is -0.463 e. The van der Waals surface area contributed by atoms with Crippen molar-refractivity contribution in [2.24, 2.45) is 0 Å². The van der Waals surface area contributed by atoms with Gasteiger partial charge in [-0.2, -0.15) is 0 Å². The molecule has 51 heavy (non-hydrogen) atoms. The molecule has 0 radical (unpaired) electrons. The molecule has 0 heterocycles. The molecule has 3 N–H and O–H groups in total. The number of carbonyl (C=O) groups excluding carboxylic acids is 2. The van der Waals surface area contributed by atoms with Gasteiger partial charge in [-0.25, -0.2) is 4.57 Å². The van der Waals surface area contributed by atoms with Crippen LogP contribution in [0.2, 0.25) is 0 Å². The number of rotatable bonds is 38. The van der Waals surface area contributed by atoms with E-state index in [2.05, 4.69) is 55.6 Å². The number of ether oxygens (including phenoxy) is 1. The van der Waals surface area contributed by atoms with Crippen molar-refractivity contribution in [3.8, 4) is 0 Å². The van der Waals surface area contributed by atoms with Crippen molar-refractivity contribution < 1.29 is 37.9 Å². The predicted molar refractivity (Wildman–Crippen MR) is 211 cm³/mol. The lowest BCUT2D eigenvalue weighted by Gasteiger charge is -2.15. The average Bonchev–Trinajstić information content (AvgIpc) is 3.11. The first kappa shape index (κ1) is 49.2. The number of allylic oxidation sites excluding steroid dienone is 6. The predicted octanol–water partition coefficient (Wildman–Crippen LogP) is 11.0. The summed E-state index contributed by atoms with van der Waals surface area (Å²) in [6, 6.07) is 0. The van der Waals surface area contributed by atoms with Crippen molar-refractivity contribution in [2.45, 2.75) is 187 Å². The van der Waals surface area contributed by atoms with Crippen molar-refractivity contribution in [2.75, 3.05) is 26.4 Å². The zero-order chi connectivity index (χ0) is 37.5. The molecule has 1 amide bonds. The van der Waals surface area contributed by atoms with Crippen LogP contribution in [-0.4, -0.2) is 54.3 Å². The van der Waals surface area contributed by atoms with Gasteiger partial charge in [-0.05, 0) is 64.2 Å². The molecule has 2 atom stereocenters.